The maximum atomic E-state index is 12.2. The SMILES string of the molecule is O=C(O)C(c1c[nH]c2ccccc12)C(C(=O)O)c1c[nH]c2cccc(Cl)c12. The van der Waals surface area contributed by atoms with Gasteiger partial charge in [0, 0.05) is 34.2 Å². The summed E-state index contributed by atoms with van der Waals surface area (Å²) in [5, 5.41) is 21.5. The van der Waals surface area contributed by atoms with Crippen molar-refractivity contribution >= 4 is 45.3 Å². The molecule has 2 heterocycles. The molecule has 7 heteroatoms. The van der Waals surface area contributed by atoms with E-state index in [1.54, 1.807) is 36.5 Å². The van der Waals surface area contributed by atoms with Crippen LogP contribution >= 0.6 is 11.6 Å². The molecule has 4 N–H and O–H groups in total. The summed E-state index contributed by atoms with van der Waals surface area (Å²) < 4.78 is 0. The van der Waals surface area contributed by atoms with Crippen LogP contribution in [0, 0.1) is 0 Å². The number of rotatable bonds is 5. The predicted octanol–water partition coefficient (Wildman–Crippen LogP) is 4.34. The monoisotopic (exact) mass is 382 g/mol. The van der Waals surface area contributed by atoms with Crippen LogP contribution < -0.4 is 0 Å². The lowest BCUT2D eigenvalue weighted by Gasteiger charge is -2.20. The van der Waals surface area contributed by atoms with E-state index in [4.69, 9.17) is 11.6 Å². The first-order valence-corrected chi connectivity index (χ1v) is 8.64. The Morgan fingerprint density at radius 3 is 2.15 bits per heavy atom. The number of carboxylic acids is 2. The van der Waals surface area contributed by atoms with E-state index in [9.17, 15) is 19.8 Å². The fourth-order valence-electron chi connectivity index (χ4n) is 3.67. The second-order valence-corrected chi connectivity index (χ2v) is 6.74. The van der Waals surface area contributed by atoms with Gasteiger partial charge in [-0.15, -0.1) is 0 Å². The molecule has 2 atom stereocenters. The van der Waals surface area contributed by atoms with E-state index in [1.165, 1.54) is 6.20 Å². The van der Waals surface area contributed by atoms with Gasteiger partial charge in [0.05, 0.1) is 5.02 Å². The molecule has 0 saturated carbocycles. The third kappa shape index (κ3) is 2.74. The molecule has 4 rings (SSSR count). The average Bonchev–Trinajstić information content (AvgIpc) is 3.24. The van der Waals surface area contributed by atoms with Gasteiger partial charge in [0.25, 0.3) is 0 Å². The zero-order valence-corrected chi connectivity index (χ0v) is 14.7. The van der Waals surface area contributed by atoms with Crippen LogP contribution in [0.25, 0.3) is 21.8 Å². The van der Waals surface area contributed by atoms with Crippen molar-refractivity contribution in [2.45, 2.75) is 11.8 Å². The van der Waals surface area contributed by atoms with Crippen LogP contribution in [0.1, 0.15) is 23.0 Å². The van der Waals surface area contributed by atoms with Crippen LogP contribution in [-0.2, 0) is 9.59 Å². The lowest BCUT2D eigenvalue weighted by Crippen LogP contribution is -2.26. The molecule has 0 fully saturated rings. The maximum Gasteiger partial charge on any atom is 0.312 e. The Morgan fingerprint density at radius 1 is 0.815 bits per heavy atom. The van der Waals surface area contributed by atoms with E-state index >= 15 is 0 Å². The Labute approximate surface area is 158 Å². The minimum absolute atomic E-state index is 0.348. The van der Waals surface area contributed by atoms with Crippen LogP contribution in [0.15, 0.2) is 54.9 Å². The number of hydrogen-bond donors (Lipinski definition) is 4. The molecule has 2 unspecified atom stereocenters. The molecular formula is C20H15ClN2O4. The number of aromatic amines is 2. The van der Waals surface area contributed by atoms with Gasteiger partial charge < -0.3 is 20.2 Å². The number of nitrogens with one attached hydrogen (secondary N) is 2. The van der Waals surface area contributed by atoms with Crippen molar-refractivity contribution in [3.05, 3.63) is 71.0 Å². The van der Waals surface area contributed by atoms with Crippen molar-refractivity contribution in [2.24, 2.45) is 0 Å². The fourth-order valence-corrected chi connectivity index (χ4v) is 3.96. The van der Waals surface area contributed by atoms with Gasteiger partial charge in [-0.05, 0) is 29.3 Å². The van der Waals surface area contributed by atoms with E-state index in [2.05, 4.69) is 9.97 Å². The fraction of sp³-hybridized carbons (Fsp3) is 0.100. The van der Waals surface area contributed by atoms with Crippen molar-refractivity contribution in [3.8, 4) is 0 Å². The minimum atomic E-state index is -1.31. The Balaban J connectivity index is 1.96. The largest absolute Gasteiger partial charge is 0.481 e. The Kier molecular flexibility index (Phi) is 4.12. The topological polar surface area (TPSA) is 106 Å². The molecule has 27 heavy (non-hydrogen) atoms. The number of aromatic nitrogens is 2. The molecule has 0 spiro atoms. The van der Waals surface area contributed by atoms with Crippen LogP contribution in [0.3, 0.4) is 0 Å². The van der Waals surface area contributed by atoms with E-state index in [0.29, 0.717) is 32.4 Å². The van der Waals surface area contributed by atoms with Gasteiger partial charge in [0.2, 0.25) is 0 Å². The predicted molar refractivity (Wildman–Crippen MR) is 102 cm³/mol. The summed E-state index contributed by atoms with van der Waals surface area (Å²) >= 11 is 6.29. The number of hydrogen-bond acceptors (Lipinski definition) is 2. The summed E-state index contributed by atoms with van der Waals surface area (Å²) in [6, 6.07) is 12.4. The number of aliphatic carboxylic acids is 2. The summed E-state index contributed by atoms with van der Waals surface area (Å²) in [5.41, 5.74) is 2.18. The van der Waals surface area contributed by atoms with Crippen molar-refractivity contribution in [2.75, 3.05) is 0 Å². The summed E-state index contributed by atoms with van der Waals surface area (Å²) in [4.78, 5) is 30.4. The number of H-pyrrole nitrogens is 2. The van der Waals surface area contributed by atoms with Gasteiger partial charge in [0.15, 0.2) is 0 Å². The molecule has 0 aliphatic heterocycles. The molecule has 0 saturated heterocycles. The third-order valence-electron chi connectivity index (χ3n) is 4.84. The lowest BCUT2D eigenvalue weighted by atomic mass is 9.81. The Hall–Kier alpha value is -3.25. The first-order chi connectivity index (χ1) is 13.0. The minimum Gasteiger partial charge on any atom is -0.481 e. The lowest BCUT2D eigenvalue weighted by molar-refractivity contribution is -0.147. The molecular weight excluding hydrogens is 368 g/mol. The van der Waals surface area contributed by atoms with Crippen molar-refractivity contribution < 1.29 is 19.8 Å². The highest BCUT2D eigenvalue weighted by molar-refractivity contribution is 6.35. The number of benzene rings is 2. The quantitative estimate of drug-likeness (QED) is 0.412. The highest BCUT2D eigenvalue weighted by Gasteiger charge is 2.39. The van der Waals surface area contributed by atoms with Crippen molar-refractivity contribution in [1.82, 2.24) is 9.97 Å². The van der Waals surface area contributed by atoms with E-state index in [0.717, 1.165) is 5.52 Å². The standard InChI is InChI=1S/C20H15ClN2O4/c21-13-5-3-7-15-16(13)12(9-23-15)18(20(26)27)17(19(24)25)11-8-22-14-6-2-1-4-10(11)14/h1-9,17-18,22-23H,(H,24,25)(H,26,27). The molecule has 0 amide bonds. The summed E-state index contributed by atoms with van der Waals surface area (Å²) in [5.74, 6) is -5.04. The smallest absolute Gasteiger partial charge is 0.312 e. The zero-order valence-electron chi connectivity index (χ0n) is 13.9. The Bertz CT molecular complexity index is 1180. The normalized spacial score (nSPS) is 13.7. The van der Waals surface area contributed by atoms with Crippen LogP contribution in [-0.4, -0.2) is 32.1 Å². The maximum absolute atomic E-state index is 12.2. The molecule has 2 aromatic heterocycles. The molecule has 0 aliphatic rings. The number of halogens is 1. The van der Waals surface area contributed by atoms with E-state index < -0.39 is 23.8 Å². The second kappa shape index (κ2) is 6.48. The van der Waals surface area contributed by atoms with Crippen molar-refractivity contribution in [3.63, 3.8) is 0 Å². The molecule has 0 bridgehead atoms. The third-order valence-corrected chi connectivity index (χ3v) is 5.16. The summed E-state index contributed by atoms with van der Waals surface area (Å²) in [6.45, 7) is 0. The number of carboxylic acid groups (broad SMARTS) is 2. The molecule has 2 aromatic carbocycles. The van der Waals surface area contributed by atoms with E-state index in [1.807, 2.05) is 12.1 Å². The van der Waals surface area contributed by atoms with Gasteiger partial charge in [-0.3, -0.25) is 9.59 Å². The van der Waals surface area contributed by atoms with Gasteiger partial charge in [0.1, 0.15) is 11.8 Å². The first-order valence-electron chi connectivity index (χ1n) is 8.26. The van der Waals surface area contributed by atoms with E-state index in [-0.39, 0.29) is 0 Å². The molecule has 4 aromatic rings. The molecule has 0 radical (unpaired) electrons. The van der Waals surface area contributed by atoms with Crippen LogP contribution in [0.4, 0.5) is 0 Å². The highest BCUT2D eigenvalue weighted by atomic mass is 35.5. The Morgan fingerprint density at radius 2 is 1.41 bits per heavy atom. The summed E-state index contributed by atoms with van der Waals surface area (Å²) in [6.07, 6.45) is 3.09. The number of carbonyl (C=O) groups is 2. The molecule has 6 nitrogen and oxygen atoms in total. The van der Waals surface area contributed by atoms with Gasteiger partial charge in [-0.1, -0.05) is 35.9 Å². The highest BCUT2D eigenvalue weighted by Crippen LogP contribution is 2.41. The average molecular weight is 383 g/mol. The number of fused-ring (bicyclic) bond motifs is 2. The summed E-state index contributed by atoms with van der Waals surface area (Å²) in [7, 11) is 0. The second-order valence-electron chi connectivity index (χ2n) is 6.33. The number of para-hydroxylation sites is 1. The molecule has 136 valence electrons. The van der Waals surface area contributed by atoms with Crippen LogP contribution in [0.2, 0.25) is 5.02 Å². The van der Waals surface area contributed by atoms with Crippen molar-refractivity contribution in [1.29, 1.82) is 0 Å². The zero-order chi connectivity index (χ0) is 19.1. The molecule has 0 aliphatic carbocycles. The van der Waals surface area contributed by atoms with Crippen LogP contribution in [0.5, 0.6) is 0 Å². The van der Waals surface area contributed by atoms with Gasteiger partial charge in [-0.25, -0.2) is 0 Å². The van der Waals surface area contributed by atoms with Gasteiger partial charge >= 0.3 is 11.9 Å². The first kappa shape index (κ1) is 17.2. The van der Waals surface area contributed by atoms with Gasteiger partial charge in [-0.2, -0.15) is 0 Å².